The van der Waals surface area contributed by atoms with E-state index in [2.05, 4.69) is 9.98 Å². The fourth-order valence-electron chi connectivity index (χ4n) is 2.93. The number of H-pyrrole nitrogens is 1. The van der Waals surface area contributed by atoms with Crippen molar-refractivity contribution in [1.29, 1.82) is 0 Å². The Kier molecular flexibility index (Phi) is 4.04. The van der Waals surface area contributed by atoms with Crippen LogP contribution in [0.3, 0.4) is 0 Å². The first-order chi connectivity index (χ1) is 13.0. The summed E-state index contributed by atoms with van der Waals surface area (Å²) in [6.07, 6.45) is 3.09. The molecule has 1 aromatic heterocycles. The normalized spacial score (nSPS) is 13.9. The zero-order chi connectivity index (χ0) is 19.0. The standard InChI is InChI=1S/C20H14FN3O3/c21-14-7-5-12(6-8-14)11-24-19(26)16(18(25)23-20(24)27)9-13-10-22-17-4-2-1-3-15(13)17/h1-10,26H,11H2,(H,23,25,27)/b13-9+. The molecular formula is C20H14FN3O3. The summed E-state index contributed by atoms with van der Waals surface area (Å²) in [5.74, 6) is -0.861. The molecule has 2 heterocycles. The van der Waals surface area contributed by atoms with Gasteiger partial charge in [-0.3, -0.25) is 19.3 Å². The molecule has 134 valence electrons. The molecule has 0 spiro atoms. The maximum Gasteiger partial charge on any atom is 0.331 e. The largest absolute Gasteiger partial charge is 0.494 e. The fraction of sp³-hybridized carbons (Fsp3) is 0.0500. The van der Waals surface area contributed by atoms with E-state index >= 15 is 0 Å². The Labute approximate surface area is 152 Å². The van der Waals surface area contributed by atoms with Crippen LogP contribution in [0.1, 0.15) is 16.7 Å². The minimum absolute atomic E-state index is 0.0113. The third-order valence-corrected chi connectivity index (χ3v) is 4.32. The van der Waals surface area contributed by atoms with Gasteiger partial charge in [0, 0.05) is 17.4 Å². The molecule has 0 amide bonds. The number of hydrogen-bond donors (Lipinski definition) is 2. The number of nitrogens with one attached hydrogen (secondary N) is 1. The maximum atomic E-state index is 13.1. The van der Waals surface area contributed by atoms with Crippen LogP contribution >= 0.6 is 0 Å². The van der Waals surface area contributed by atoms with Crippen LogP contribution in [0, 0.1) is 5.82 Å². The van der Waals surface area contributed by atoms with Gasteiger partial charge in [-0.15, -0.1) is 0 Å². The minimum Gasteiger partial charge on any atom is -0.494 e. The van der Waals surface area contributed by atoms with E-state index < -0.39 is 22.9 Å². The van der Waals surface area contributed by atoms with Crippen LogP contribution in [-0.4, -0.2) is 20.9 Å². The van der Waals surface area contributed by atoms with Gasteiger partial charge in [-0.05, 0) is 29.8 Å². The summed E-state index contributed by atoms with van der Waals surface area (Å²) in [4.78, 5) is 30.9. The summed E-state index contributed by atoms with van der Waals surface area (Å²) in [5.41, 5.74) is 1.36. The lowest BCUT2D eigenvalue weighted by atomic mass is 10.1. The second kappa shape index (κ2) is 6.53. The number of aromatic hydroxyl groups is 1. The van der Waals surface area contributed by atoms with Gasteiger partial charge in [0.2, 0.25) is 5.88 Å². The zero-order valence-electron chi connectivity index (χ0n) is 14.0. The smallest absolute Gasteiger partial charge is 0.331 e. The van der Waals surface area contributed by atoms with Crippen molar-refractivity contribution < 1.29 is 9.50 Å². The topological polar surface area (TPSA) is 87.5 Å². The molecule has 0 saturated carbocycles. The van der Waals surface area contributed by atoms with Crippen LogP contribution < -0.4 is 11.2 Å². The van der Waals surface area contributed by atoms with Crippen LogP contribution in [0.5, 0.6) is 5.88 Å². The molecule has 0 bridgehead atoms. The summed E-state index contributed by atoms with van der Waals surface area (Å²) < 4.78 is 14.1. The van der Waals surface area contributed by atoms with Gasteiger partial charge in [-0.1, -0.05) is 30.3 Å². The van der Waals surface area contributed by atoms with Gasteiger partial charge in [0.1, 0.15) is 11.4 Å². The summed E-state index contributed by atoms with van der Waals surface area (Å²) in [7, 11) is 0. The van der Waals surface area contributed by atoms with E-state index in [-0.39, 0.29) is 12.1 Å². The molecule has 7 heteroatoms. The van der Waals surface area contributed by atoms with Gasteiger partial charge < -0.3 is 5.11 Å². The van der Waals surface area contributed by atoms with Gasteiger partial charge in [-0.2, -0.15) is 0 Å². The molecular weight excluding hydrogens is 349 g/mol. The lowest BCUT2D eigenvalue weighted by Gasteiger charge is -2.10. The molecule has 2 aromatic carbocycles. The fourth-order valence-corrected chi connectivity index (χ4v) is 2.93. The molecule has 1 aliphatic heterocycles. The molecule has 3 aromatic rings. The number of nitrogens with zero attached hydrogens (tertiary/aromatic N) is 2. The van der Waals surface area contributed by atoms with E-state index in [4.69, 9.17) is 0 Å². The first kappa shape index (κ1) is 16.7. The van der Waals surface area contributed by atoms with Gasteiger partial charge in [-0.25, -0.2) is 9.18 Å². The van der Waals surface area contributed by atoms with Crippen molar-refractivity contribution in [3.05, 3.63) is 91.9 Å². The third kappa shape index (κ3) is 3.10. The van der Waals surface area contributed by atoms with Crippen LogP contribution in [0.15, 0.2) is 63.1 Å². The molecule has 4 rings (SSSR count). The molecule has 0 fully saturated rings. The second-order valence-electron chi connectivity index (χ2n) is 6.08. The van der Waals surface area contributed by atoms with Crippen molar-refractivity contribution in [3.8, 4) is 5.88 Å². The SMILES string of the molecule is O=c1[nH]c(=O)n(Cc2ccc(F)cc2)c(O)c1/C=C1\C=Nc2ccccc21. The molecule has 0 saturated heterocycles. The predicted molar refractivity (Wildman–Crippen MR) is 101 cm³/mol. The highest BCUT2D eigenvalue weighted by Crippen LogP contribution is 2.32. The monoisotopic (exact) mass is 363 g/mol. The van der Waals surface area contributed by atoms with Crippen molar-refractivity contribution in [2.75, 3.05) is 0 Å². The van der Waals surface area contributed by atoms with Crippen molar-refractivity contribution in [2.24, 2.45) is 4.99 Å². The molecule has 0 aliphatic carbocycles. The van der Waals surface area contributed by atoms with E-state index in [1.54, 1.807) is 6.21 Å². The number of aliphatic imine (C=N–C) groups is 1. The number of allylic oxidation sites excluding steroid dienone is 1. The number of fused-ring (bicyclic) bond motifs is 1. The highest BCUT2D eigenvalue weighted by Gasteiger charge is 2.16. The van der Waals surface area contributed by atoms with E-state index in [1.807, 2.05) is 24.3 Å². The Hall–Kier alpha value is -3.74. The van der Waals surface area contributed by atoms with Crippen LogP contribution in [0.2, 0.25) is 0 Å². The highest BCUT2D eigenvalue weighted by atomic mass is 19.1. The predicted octanol–water partition coefficient (Wildman–Crippen LogP) is 2.69. The lowest BCUT2D eigenvalue weighted by molar-refractivity contribution is 0.408. The average Bonchev–Trinajstić information content (AvgIpc) is 3.07. The van der Waals surface area contributed by atoms with Gasteiger partial charge in [0.05, 0.1) is 12.2 Å². The number of aromatic amines is 1. The van der Waals surface area contributed by atoms with Crippen LogP contribution in [0.4, 0.5) is 10.1 Å². The molecule has 6 nitrogen and oxygen atoms in total. The Morgan fingerprint density at radius 1 is 1.11 bits per heavy atom. The number of hydrogen-bond acceptors (Lipinski definition) is 4. The number of para-hydroxylation sites is 1. The maximum absolute atomic E-state index is 13.1. The first-order valence-electron chi connectivity index (χ1n) is 8.18. The van der Waals surface area contributed by atoms with E-state index in [1.165, 1.54) is 30.3 Å². The number of halogens is 1. The molecule has 0 unspecified atom stereocenters. The van der Waals surface area contributed by atoms with Gasteiger partial charge >= 0.3 is 5.69 Å². The highest BCUT2D eigenvalue weighted by molar-refractivity contribution is 6.21. The number of aromatic nitrogens is 2. The van der Waals surface area contributed by atoms with Crippen molar-refractivity contribution >= 4 is 23.6 Å². The van der Waals surface area contributed by atoms with Gasteiger partial charge in [0.15, 0.2) is 0 Å². The van der Waals surface area contributed by atoms with Crippen LogP contribution in [-0.2, 0) is 6.54 Å². The summed E-state index contributed by atoms with van der Waals surface area (Å²) >= 11 is 0. The van der Waals surface area contributed by atoms with Crippen molar-refractivity contribution in [1.82, 2.24) is 9.55 Å². The Balaban J connectivity index is 1.80. The van der Waals surface area contributed by atoms with E-state index in [0.717, 1.165) is 15.8 Å². The molecule has 27 heavy (non-hydrogen) atoms. The van der Waals surface area contributed by atoms with Gasteiger partial charge in [0.25, 0.3) is 5.56 Å². The van der Waals surface area contributed by atoms with E-state index in [0.29, 0.717) is 11.1 Å². The van der Waals surface area contributed by atoms with E-state index in [9.17, 15) is 19.1 Å². The Morgan fingerprint density at radius 3 is 2.63 bits per heavy atom. The Bertz CT molecular complexity index is 1200. The molecule has 2 N–H and O–H groups in total. The second-order valence-corrected chi connectivity index (χ2v) is 6.08. The third-order valence-electron chi connectivity index (χ3n) is 4.32. The van der Waals surface area contributed by atoms with Crippen molar-refractivity contribution in [2.45, 2.75) is 6.54 Å². The molecule has 0 radical (unpaired) electrons. The minimum atomic E-state index is -0.746. The number of benzene rings is 2. The molecule has 1 aliphatic rings. The van der Waals surface area contributed by atoms with Crippen molar-refractivity contribution in [3.63, 3.8) is 0 Å². The summed E-state index contributed by atoms with van der Waals surface area (Å²) in [6.45, 7) is -0.0113. The number of rotatable bonds is 3. The Morgan fingerprint density at radius 2 is 1.85 bits per heavy atom. The lowest BCUT2D eigenvalue weighted by Crippen LogP contribution is -2.31. The summed E-state index contributed by atoms with van der Waals surface area (Å²) in [5, 5.41) is 10.6. The summed E-state index contributed by atoms with van der Waals surface area (Å²) in [6, 6.07) is 12.9. The quantitative estimate of drug-likeness (QED) is 0.750. The van der Waals surface area contributed by atoms with Crippen LogP contribution in [0.25, 0.3) is 11.6 Å². The average molecular weight is 363 g/mol. The first-order valence-corrected chi connectivity index (χ1v) is 8.18. The zero-order valence-corrected chi connectivity index (χ0v) is 14.0. The molecule has 0 atom stereocenters.